The van der Waals surface area contributed by atoms with Gasteiger partial charge in [-0.15, -0.1) is 11.8 Å². The lowest BCUT2D eigenvalue weighted by molar-refractivity contribution is -0.131. The van der Waals surface area contributed by atoms with E-state index < -0.39 is 0 Å². The van der Waals surface area contributed by atoms with Crippen molar-refractivity contribution >= 4 is 40.8 Å². The van der Waals surface area contributed by atoms with Gasteiger partial charge in [-0.1, -0.05) is 229 Å². The summed E-state index contributed by atoms with van der Waals surface area (Å²) in [6.45, 7) is 79.5. The summed E-state index contributed by atoms with van der Waals surface area (Å²) < 4.78 is 49.9. The highest BCUT2D eigenvalue weighted by Gasteiger charge is 2.33. The summed E-state index contributed by atoms with van der Waals surface area (Å²) in [6.07, 6.45) is 18.4. The second-order valence-corrected chi connectivity index (χ2v) is 49.0. The summed E-state index contributed by atoms with van der Waals surface area (Å²) >= 11 is 1.36. The summed E-state index contributed by atoms with van der Waals surface area (Å²) in [5.41, 5.74) is 18.6. The number of benzene rings is 1. The minimum atomic E-state index is -0.163. The van der Waals surface area contributed by atoms with Crippen LogP contribution in [0.2, 0.25) is 0 Å². The van der Waals surface area contributed by atoms with Crippen molar-refractivity contribution in [3.63, 3.8) is 0 Å². The van der Waals surface area contributed by atoms with Crippen LogP contribution in [0.1, 0.15) is 307 Å². The summed E-state index contributed by atoms with van der Waals surface area (Å²) in [5, 5.41) is 0. The molecule has 142 heavy (non-hydrogen) atoms. The number of pyridine rings is 6. The molecule has 2 atom stereocenters. The van der Waals surface area contributed by atoms with Crippen LogP contribution in [0, 0.1) is 37.9 Å². The number of nitrogens with zero attached hydrogens (tertiary/aromatic N) is 11. The largest absolute Gasteiger partial charge is 0.377 e. The molecule has 23 nitrogen and oxygen atoms in total. The first-order valence-corrected chi connectivity index (χ1v) is 53.0. The van der Waals surface area contributed by atoms with Gasteiger partial charge in [0, 0.05) is 112 Å². The Morgan fingerprint density at radius 3 is 1.09 bits per heavy atom. The number of ketones is 1. The number of thioether (sulfide) groups is 1. The van der Waals surface area contributed by atoms with Crippen molar-refractivity contribution in [2.75, 3.05) is 158 Å². The van der Waals surface area contributed by atoms with E-state index in [0.29, 0.717) is 117 Å². The molecule has 3 aliphatic rings. The minimum Gasteiger partial charge on any atom is -0.377 e. The fraction of sp³-hybridized carbons (Fsp3) is 0.653. The fourth-order valence-corrected chi connectivity index (χ4v) is 15.6. The van der Waals surface area contributed by atoms with E-state index in [9.17, 15) is 14.4 Å². The Hall–Kier alpha value is -7.98. The normalized spacial score (nSPS) is 16.5. The van der Waals surface area contributed by atoms with Crippen molar-refractivity contribution < 1.29 is 57.0 Å². The van der Waals surface area contributed by atoms with Crippen molar-refractivity contribution in [3.8, 4) is 22.8 Å². The van der Waals surface area contributed by atoms with Gasteiger partial charge in [0.2, 0.25) is 11.8 Å². The number of aryl methyl sites for hydroxylation is 2. The minimum absolute atomic E-state index is 0.0382. The monoisotopic (exact) mass is 1980 g/mol. The van der Waals surface area contributed by atoms with E-state index in [2.05, 4.69) is 266 Å². The van der Waals surface area contributed by atoms with Gasteiger partial charge in [-0.25, -0.2) is 0 Å². The first kappa shape index (κ1) is 126. The molecule has 1 aromatic carbocycles. The molecule has 24 heteroatoms. The standard InChI is InChI=1S/C30H44N4.C20H28N2.C17H23N3.C15H30O5.C13H26O4.C12H16O.C11H22N2O2S/c1-9-11-13-21-15-17-23-25(31-19-29(3,4)5)26(32-20-30(6,7)8)24-18-16-22(14-12-10-2)34-28(24)27(23)33-21;1-19(2,3)13-15-7-9-21-17(11-15)18-12-16(8-10-22-18)14-20(4,5)6;1-17(2,3)14-20(12-15-8-4-6-10-18-15)13-16-9-5-7-11-19-16;1-15(2,3)12-14-13-19-9-8-17-5-4-16-6-7-18-10-11-20-14;1-13(2,3)10-12-11-16-7-6-14-4-5-15-8-9-17-12;1-9(13)10-5-7-11(8-6-10)12(2,3)4;1-11(2,3)13(6)10(15)8-16-7-9(14)12(4)5/h15-18H,9-14,19-20H2,1-8H3;7-12H,13-14H2,1-6H3;4-11H,12-14H2,1-3H3;14H,4-13H2,1-3H3;12H,4-11H2,1-3H3;5-8H,1-4H3;7-8H2,1-6H3. The third-order valence-corrected chi connectivity index (χ3v) is 22.9. The third kappa shape index (κ3) is 57.8. The van der Waals surface area contributed by atoms with Crippen LogP contribution in [0.15, 0.2) is 144 Å². The zero-order valence-electron chi connectivity index (χ0n) is 94.4. The Kier molecular flexibility index (Phi) is 56.5. The number of carbonyl (C=O) groups is 3. The highest BCUT2D eigenvalue weighted by molar-refractivity contribution is 8.00. The van der Waals surface area contributed by atoms with E-state index in [0.717, 1.165) is 171 Å². The second-order valence-electron chi connectivity index (χ2n) is 48.0. The van der Waals surface area contributed by atoms with Gasteiger partial charge in [0.1, 0.15) is 0 Å². The maximum Gasteiger partial charge on any atom is 0.232 e. The van der Waals surface area contributed by atoms with Crippen LogP contribution in [0.25, 0.3) is 22.8 Å². The number of ether oxygens (including phenoxy) is 9. The Bertz CT molecular complexity index is 4540. The van der Waals surface area contributed by atoms with Gasteiger partial charge >= 0.3 is 0 Å². The lowest BCUT2D eigenvalue weighted by Gasteiger charge is -2.31. The lowest BCUT2D eigenvalue weighted by atomic mass is 9.86. The van der Waals surface area contributed by atoms with Crippen LogP contribution >= 0.6 is 11.8 Å². The Morgan fingerprint density at radius 2 is 0.775 bits per heavy atom. The number of aliphatic imine (C=N–C) groups is 2. The molecule has 10 rings (SSSR count). The predicted molar refractivity (Wildman–Crippen MR) is 589 cm³/mol. The molecular weight excluding hydrogens is 1800 g/mol. The van der Waals surface area contributed by atoms with Gasteiger partial charge < -0.3 is 52.4 Å². The van der Waals surface area contributed by atoms with Crippen LogP contribution in [0.5, 0.6) is 0 Å². The smallest absolute Gasteiger partial charge is 0.232 e. The molecule has 0 radical (unpaired) electrons. The molecule has 0 saturated carbocycles. The van der Waals surface area contributed by atoms with Crippen LogP contribution in [0.4, 0.5) is 0 Å². The predicted octanol–water partition coefficient (Wildman–Crippen LogP) is 24.4. The van der Waals surface area contributed by atoms with Gasteiger partial charge in [-0.2, -0.15) is 0 Å². The van der Waals surface area contributed by atoms with Crippen LogP contribution < -0.4 is 0 Å². The topological polar surface area (TPSA) is 246 Å². The first-order chi connectivity index (χ1) is 66.4. The summed E-state index contributed by atoms with van der Waals surface area (Å²) in [4.78, 5) is 78.2. The molecule has 8 heterocycles. The van der Waals surface area contributed by atoms with Crippen molar-refractivity contribution in [2.45, 2.75) is 308 Å². The molecule has 794 valence electrons. The van der Waals surface area contributed by atoms with Crippen molar-refractivity contribution in [1.29, 1.82) is 0 Å². The molecule has 2 unspecified atom stereocenters. The quantitative estimate of drug-likeness (QED) is 0.0540. The summed E-state index contributed by atoms with van der Waals surface area (Å²) in [7, 11) is 5.22. The molecule has 2 fully saturated rings. The van der Waals surface area contributed by atoms with Gasteiger partial charge in [0.25, 0.3) is 0 Å². The average Bonchev–Trinajstić information content (AvgIpc) is 0.743. The number of hydrogen-bond donors (Lipinski definition) is 0. The van der Waals surface area contributed by atoms with E-state index in [1.165, 1.54) is 33.4 Å². The van der Waals surface area contributed by atoms with Gasteiger partial charge in [-0.3, -0.25) is 59.2 Å². The number of amides is 2. The number of unbranched alkanes of at least 4 members (excludes halogenated alkanes) is 2. The zero-order chi connectivity index (χ0) is 106. The molecular formula is C118H189N11O12S. The summed E-state index contributed by atoms with van der Waals surface area (Å²) in [6, 6.07) is 37.3. The third-order valence-electron chi connectivity index (χ3n) is 22.0. The molecule has 2 aliphatic heterocycles. The number of fused-ring (bicyclic) bond motifs is 3. The Labute approximate surface area is 864 Å². The number of aromatic nitrogens is 6. The molecule has 0 bridgehead atoms. The molecule has 0 spiro atoms. The second kappa shape index (κ2) is 63.5. The highest BCUT2D eigenvalue weighted by Crippen LogP contribution is 2.36. The van der Waals surface area contributed by atoms with E-state index in [-0.39, 0.29) is 78.7 Å². The maximum absolute atomic E-state index is 11.7. The molecule has 1 aliphatic carbocycles. The molecule has 7 aromatic rings. The van der Waals surface area contributed by atoms with Crippen molar-refractivity contribution in [2.24, 2.45) is 47.9 Å². The number of carbonyl (C=O) groups excluding carboxylic acids is 3. The number of hydrogen-bond acceptors (Lipinski definition) is 22. The zero-order valence-corrected chi connectivity index (χ0v) is 95.2. The SMILES string of the molecule is CC(=O)c1ccc(C(C)(C)C)cc1.CC(C)(C)CC1COCCOCCOCCO1.CC(C)(C)CC1COCCOCCOCCOCCO1.CC(C)(C)CN(Cc1ccccn1)Cc1ccccn1.CC(C)(C)Cc1ccnc(-c2cc(CC(C)(C)C)ccn2)c1.CCCCc1ccc2c(n1)-c1nc(CCCC)ccc1C(=NCC(C)(C)C)C2=NCC(C)(C)C.CN(C)C(=O)CSCC(=O)N(C)C(C)(C)C. The summed E-state index contributed by atoms with van der Waals surface area (Å²) in [5.74, 6) is 0.935. The molecule has 6 aromatic heterocycles. The van der Waals surface area contributed by atoms with Crippen molar-refractivity contribution in [3.05, 3.63) is 190 Å². The van der Waals surface area contributed by atoms with Crippen LogP contribution in [0.3, 0.4) is 0 Å². The number of rotatable bonds is 23. The number of Topliss-reactive ketones (excluding diaryl/α,β-unsaturated/α-hetero) is 1. The molecule has 2 amide bonds. The van der Waals surface area contributed by atoms with E-state index in [4.69, 9.17) is 62.6 Å². The average molecular weight is 1990 g/mol. The van der Waals surface area contributed by atoms with E-state index in [1.807, 2.05) is 94.1 Å². The van der Waals surface area contributed by atoms with Crippen molar-refractivity contribution in [1.82, 2.24) is 44.6 Å². The van der Waals surface area contributed by atoms with Gasteiger partial charge in [-0.05, 0) is 212 Å². The molecule has 0 N–H and O–H groups in total. The fourth-order valence-electron chi connectivity index (χ4n) is 14.7. The maximum atomic E-state index is 11.7. The Morgan fingerprint density at radius 1 is 0.401 bits per heavy atom. The van der Waals surface area contributed by atoms with Gasteiger partial charge in [0.05, 0.1) is 175 Å². The van der Waals surface area contributed by atoms with E-state index >= 15 is 0 Å². The van der Waals surface area contributed by atoms with E-state index in [1.54, 1.807) is 33.0 Å². The first-order valence-electron chi connectivity index (χ1n) is 51.9. The van der Waals surface area contributed by atoms with Crippen LogP contribution in [-0.2, 0) is 96.4 Å². The highest BCUT2D eigenvalue weighted by atomic mass is 32.2. The van der Waals surface area contributed by atoms with Crippen LogP contribution in [-0.4, -0.2) is 249 Å². The lowest BCUT2D eigenvalue weighted by Crippen LogP contribution is -2.43. The van der Waals surface area contributed by atoms with Gasteiger partial charge in [0.15, 0.2) is 5.78 Å². The molecule has 2 saturated heterocycles. The Balaban J connectivity index is 0.000000353.